The molecule has 0 saturated heterocycles. The molecule has 0 aliphatic rings. The number of rotatable bonds is 11. The highest BCUT2D eigenvalue weighted by Gasteiger charge is 2.21. The van der Waals surface area contributed by atoms with E-state index >= 15 is 0 Å². The molecule has 7 heteroatoms. The van der Waals surface area contributed by atoms with Gasteiger partial charge in [0.05, 0.1) is 0 Å². The monoisotopic (exact) mass is 411 g/mol. The van der Waals surface area contributed by atoms with Crippen LogP contribution in [0.1, 0.15) is 84.5 Å². The summed E-state index contributed by atoms with van der Waals surface area (Å²) in [5, 5.41) is 0. The lowest BCUT2D eigenvalue weighted by molar-refractivity contribution is 0.0754. The van der Waals surface area contributed by atoms with Gasteiger partial charge in [-0.3, -0.25) is 14.4 Å². The van der Waals surface area contributed by atoms with Gasteiger partial charge in [0, 0.05) is 42.9 Å². The molecule has 0 heterocycles. The molecule has 28 heavy (non-hydrogen) atoms. The minimum Gasteiger partial charge on any atom is -0.366 e. The van der Waals surface area contributed by atoms with Gasteiger partial charge in [0.1, 0.15) is 0 Å². The van der Waals surface area contributed by atoms with E-state index < -0.39 is 5.91 Å². The Morgan fingerprint density at radius 1 is 0.679 bits per heavy atom. The van der Waals surface area contributed by atoms with E-state index in [1.807, 2.05) is 27.7 Å². The Balaban J connectivity index is 0.00000729. The van der Waals surface area contributed by atoms with Crippen LogP contribution in [-0.4, -0.2) is 53.7 Å². The van der Waals surface area contributed by atoms with Gasteiger partial charge in [-0.05, 0) is 43.9 Å². The number of amides is 3. The summed E-state index contributed by atoms with van der Waals surface area (Å²) in [7, 11) is 0. The fourth-order valence-electron chi connectivity index (χ4n) is 3.09. The quantitative estimate of drug-likeness (QED) is 0.602. The molecule has 1 rings (SSSR count). The summed E-state index contributed by atoms with van der Waals surface area (Å²) in [6.45, 7) is 10.6. The van der Waals surface area contributed by atoms with Crippen LogP contribution in [0.3, 0.4) is 0 Å². The maximum atomic E-state index is 12.9. The van der Waals surface area contributed by atoms with Crippen LogP contribution in [-0.2, 0) is 0 Å². The average Bonchev–Trinajstić information content (AvgIpc) is 2.66. The zero-order valence-corrected chi connectivity index (χ0v) is 18.3. The number of nitrogens with two attached hydrogens (primary N) is 1. The summed E-state index contributed by atoms with van der Waals surface area (Å²) in [6.07, 6.45) is 3.36. The number of hydrogen-bond donors (Lipinski definition) is 1. The molecule has 0 unspecified atom stereocenters. The van der Waals surface area contributed by atoms with Gasteiger partial charge >= 0.3 is 0 Å². The third-order valence-corrected chi connectivity index (χ3v) is 4.26. The number of nitrogens with zero attached hydrogens (tertiary/aromatic N) is 2. The first-order valence-corrected chi connectivity index (χ1v) is 9.92. The number of carbonyl (C=O) groups is 3. The van der Waals surface area contributed by atoms with E-state index in [1.165, 1.54) is 12.1 Å². The van der Waals surface area contributed by atoms with Crippen molar-refractivity contribution in [2.24, 2.45) is 5.73 Å². The van der Waals surface area contributed by atoms with Gasteiger partial charge < -0.3 is 15.5 Å². The van der Waals surface area contributed by atoms with Crippen molar-refractivity contribution in [1.29, 1.82) is 0 Å². The number of hydrogen-bond acceptors (Lipinski definition) is 3. The van der Waals surface area contributed by atoms with Crippen LogP contribution in [0.25, 0.3) is 0 Å². The number of carbonyl (C=O) groups excluding carboxylic acids is 3. The second kappa shape index (κ2) is 13.2. The van der Waals surface area contributed by atoms with E-state index in [9.17, 15) is 14.4 Å². The van der Waals surface area contributed by atoms with Crippen LogP contribution in [0.15, 0.2) is 18.2 Å². The summed E-state index contributed by atoms with van der Waals surface area (Å²) in [5.74, 6) is -0.990. The number of halogens is 1. The number of benzene rings is 1. The molecule has 1 aromatic carbocycles. The molecule has 6 nitrogen and oxygen atoms in total. The van der Waals surface area contributed by atoms with Crippen molar-refractivity contribution in [2.45, 2.75) is 53.4 Å². The fraction of sp³-hybridized carbons (Fsp3) is 0.571. The van der Waals surface area contributed by atoms with Crippen molar-refractivity contribution in [3.63, 3.8) is 0 Å². The largest absolute Gasteiger partial charge is 0.366 e. The molecule has 3 amide bonds. The van der Waals surface area contributed by atoms with Crippen molar-refractivity contribution >= 4 is 30.1 Å². The second-order valence-electron chi connectivity index (χ2n) is 6.75. The molecule has 0 spiro atoms. The normalized spacial score (nSPS) is 10.1. The second-order valence-corrected chi connectivity index (χ2v) is 6.75. The summed E-state index contributed by atoms with van der Waals surface area (Å²) in [6, 6.07) is 4.57. The SMILES string of the molecule is CCCN(CCC)C(=O)c1cc(C(N)=O)cc(C(=O)N(CCC)CCC)c1.Cl. The van der Waals surface area contributed by atoms with Crippen molar-refractivity contribution in [3.05, 3.63) is 34.9 Å². The van der Waals surface area contributed by atoms with E-state index in [0.717, 1.165) is 25.7 Å². The van der Waals surface area contributed by atoms with Crippen LogP contribution in [0.2, 0.25) is 0 Å². The summed E-state index contributed by atoms with van der Waals surface area (Å²) in [4.78, 5) is 41.2. The highest BCUT2D eigenvalue weighted by molar-refractivity contribution is 6.04. The summed E-state index contributed by atoms with van der Waals surface area (Å²) < 4.78 is 0. The van der Waals surface area contributed by atoms with Crippen molar-refractivity contribution in [1.82, 2.24) is 9.80 Å². The number of primary amides is 1. The third kappa shape index (κ3) is 7.15. The molecule has 0 bridgehead atoms. The predicted octanol–water partition coefficient (Wildman–Crippen LogP) is 3.73. The molecule has 0 atom stereocenters. The molecule has 0 aliphatic carbocycles. The van der Waals surface area contributed by atoms with Gasteiger partial charge in [-0.1, -0.05) is 27.7 Å². The molecule has 158 valence electrons. The predicted molar refractivity (Wildman–Crippen MR) is 115 cm³/mol. The van der Waals surface area contributed by atoms with Crippen LogP contribution in [0.4, 0.5) is 0 Å². The summed E-state index contributed by atoms with van der Waals surface area (Å²) >= 11 is 0. The van der Waals surface area contributed by atoms with Gasteiger partial charge in [-0.15, -0.1) is 12.4 Å². The molecule has 0 aliphatic heterocycles. The van der Waals surface area contributed by atoms with Crippen LogP contribution in [0, 0.1) is 0 Å². The highest BCUT2D eigenvalue weighted by Crippen LogP contribution is 2.16. The Kier molecular flexibility index (Phi) is 12.2. The smallest absolute Gasteiger partial charge is 0.253 e. The lowest BCUT2D eigenvalue weighted by Crippen LogP contribution is -2.34. The lowest BCUT2D eigenvalue weighted by Gasteiger charge is -2.24. The Morgan fingerprint density at radius 2 is 0.964 bits per heavy atom. The highest BCUT2D eigenvalue weighted by atomic mass is 35.5. The molecular formula is C21H34ClN3O3. The first kappa shape index (κ1) is 25.9. The van der Waals surface area contributed by atoms with Crippen molar-refractivity contribution in [3.8, 4) is 0 Å². The third-order valence-electron chi connectivity index (χ3n) is 4.26. The molecule has 2 N–H and O–H groups in total. The van der Waals surface area contributed by atoms with Crippen LogP contribution >= 0.6 is 12.4 Å². The first-order chi connectivity index (χ1) is 12.9. The molecule has 0 saturated carbocycles. The topological polar surface area (TPSA) is 83.7 Å². The minimum absolute atomic E-state index is 0. The Labute approximate surface area is 174 Å². The zero-order valence-electron chi connectivity index (χ0n) is 17.5. The summed E-state index contributed by atoms with van der Waals surface area (Å²) in [5.41, 5.74) is 6.31. The average molecular weight is 412 g/mol. The lowest BCUT2D eigenvalue weighted by atomic mass is 10.0. The van der Waals surface area contributed by atoms with Gasteiger partial charge in [-0.2, -0.15) is 0 Å². The van der Waals surface area contributed by atoms with Crippen LogP contribution in [0.5, 0.6) is 0 Å². The fourth-order valence-corrected chi connectivity index (χ4v) is 3.09. The van der Waals surface area contributed by atoms with Gasteiger partial charge in [0.2, 0.25) is 5.91 Å². The minimum atomic E-state index is -0.645. The van der Waals surface area contributed by atoms with Crippen molar-refractivity contribution < 1.29 is 14.4 Å². The van der Waals surface area contributed by atoms with E-state index in [-0.39, 0.29) is 29.8 Å². The Bertz CT molecular complexity index is 606. The molecule has 0 radical (unpaired) electrons. The van der Waals surface area contributed by atoms with E-state index in [1.54, 1.807) is 15.9 Å². The van der Waals surface area contributed by atoms with E-state index in [2.05, 4.69) is 0 Å². The zero-order chi connectivity index (χ0) is 20.4. The maximum Gasteiger partial charge on any atom is 0.253 e. The van der Waals surface area contributed by atoms with E-state index in [0.29, 0.717) is 37.3 Å². The van der Waals surface area contributed by atoms with Gasteiger partial charge in [0.25, 0.3) is 11.8 Å². The molecular weight excluding hydrogens is 378 g/mol. The van der Waals surface area contributed by atoms with Gasteiger partial charge in [-0.25, -0.2) is 0 Å². The molecule has 0 aromatic heterocycles. The Hall–Kier alpha value is -2.08. The standard InChI is InChI=1S/C21H33N3O3.ClH/c1-5-9-23(10-6-2)20(26)17-13-16(19(22)25)14-18(15-17)21(27)24(11-7-3)12-8-4;/h13-15H,5-12H2,1-4H3,(H2,22,25);1H. The van der Waals surface area contributed by atoms with Gasteiger partial charge in [0.15, 0.2) is 0 Å². The molecule has 1 aromatic rings. The maximum absolute atomic E-state index is 12.9. The van der Waals surface area contributed by atoms with Crippen molar-refractivity contribution in [2.75, 3.05) is 26.2 Å². The first-order valence-electron chi connectivity index (χ1n) is 9.92. The van der Waals surface area contributed by atoms with E-state index in [4.69, 9.17) is 5.73 Å². The Morgan fingerprint density at radius 3 is 1.21 bits per heavy atom. The molecule has 0 fully saturated rings. The van der Waals surface area contributed by atoms with Crippen LogP contribution < -0.4 is 5.73 Å².